The molecule has 1 aromatic carbocycles. The molecule has 0 atom stereocenters. The molecule has 0 spiro atoms. The fourth-order valence-electron chi connectivity index (χ4n) is 2.20. The molecule has 1 aliphatic heterocycles. The highest BCUT2D eigenvalue weighted by Crippen LogP contribution is 2.10. The monoisotopic (exact) mass is 262 g/mol. The molecule has 102 valence electrons. The largest absolute Gasteiger partial charge is 0.465 e. The van der Waals surface area contributed by atoms with E-state index in [9.17, 15) is 9.59 Å². The number of nitrogens with zero attached hydrogens (tertiary/aromatic N) is 2. The molecule has 1 saturated heterocycles. The number of ketones is 1. The van der Waals surface area contributed by atoms with Gasteiger partial charge in [-0.15, -0.1) is 0 Å². The standard InChI is InChI=1S/C14H18N2O3/c1-11(17)13-4-2-12(3-5-13)10-15-6-8-16(9-7-15)14(18)19/h2-5H,6-10H2,1H3,(H,18,19). The minimum atomic E-state index is -0.842. The van der Waals surface area contributed by atoms with Crippen molar-refractivity contribution < 1.29 is 14.7 Å². The Hall–Kier alpha value is -1.88. The van der Waals surface area contributed by atoms with Gasteiger partial charge >= 0.3 is 6.09 Å². The summed E-state index contributed by atoms with van der Waals surface area (Å²) in [5, 5.41) is 8.87. The van der Waals surface area contributed by atoms with Gasteiger partial charge in [-0.05, 0) is 12.5 Å². The molecule has 1 aromatic rings. The molecule has 0 aliphatic carbocycles. The molecule has 19 heavy (non-hydrogen) atoms. The summed E-state index contributed by atoms with van der Waals surface area (Å²) < 4.78 is 0. The minimum absolute atomic E-state index is 0.0709. The molecular weight excluding hydrogens is 244 g/mol. The first-order valence-corrected chi connectivity index (χ1v) is 6.36. The fourth-order valence-corrected chi connectivity index (χ4v) is 2.20. The number of amides is 1. The van der Waals surface area contributed by atoms with Gasteiger partial charge in [-0.25, -0.2) is 4.79 Å². The lowest BCUT2D eigenvalue weighted by molar-refractivity contribution is 0.101. The lowest BCUT2D eigenvalue weighted by Gasteiger charge is -2.33. The highest BCUT2D eigenvalue weighted by Gasteiger charge is 2.20. The Kier molecular flexibility index (Phi) is 4.16. The van der Waals surface area contributed by atoms with Crippen molar-refractivity contribution in [2.75, 3.05) is 26.2 Å². The first-order valence-electron chi connectivity index (χ1n) is 6.36. The van der Waals surface area contributed by atoms with Crippen LogP contribution >= 0.6 is 0 Å². The number of carbonyl (C=O) groups is 2. The first kappa shape index (κ1) is 13.5. The zero-order valence-corrected chi connectivity index (χ0v) is 11.0. The molecular formula is C14H18N2O3. The van der Waals surface area contributed by atoms with Crippen molar-refractivity contribution in [3.05, 3.63) is 35.4 Å². The second-order valence-corrected chi connectivity index (χ2v) is 4.80. The third-order valence-electron chi connectivity index (χ3n) is 3.41. The molecule has 1 N–H and O–H groups in total. The third-order valence-corrected chi connectivity index (χ3v) is 3.41. The molecule has 0 unspecified atom stereocenters. The van der Waals surface area contributed by atoms with Crippen LogP contribution in [0.4, 0.5) is 4.79 Å². The lowest BCUT2D eigenvalue weighted by Crippen LogP contribution is -2.47. The Morgan fingerprint density at radius 1 is 1.11 bits per heavy atom. The van der Waals surface area contributed by atoms with Gasteiger partial charge in [-0.3, -0.25) is 9.69 Å². The Bertz CT molecular complexity index is 462. The highest BCUT2D eigenvalue weighted by atomic mass is 16.4. The smallest absolute Gasteiger partial charge is 0.407 e. The molecule has 0 aromatic heterocycles. The second kappa shape index (κ2) is 5.84. The second-order valence-electron chi connectivity index (χ2n) is 4.80. The van der Waals surface area contributed by atoms with Gasteiger partial charge in [-0.2, -0.15) is 0 Å². The van der Waals surface area contributed by atoms with Crippen LogP contribution in [0, 0.1) is 0 Å². The van der Waals surface area contributed by atoms with Crippen molar-refractivity contribution in [2.24, 2.45) is 0 Å². The number of hydrogen-bond donors (Lipinski definition) is 1. The molecule has 0 saturated carbocycles. The number of hydrogen-bond acceptors (Lipinski definition) is 3. The van der Waals surface area contributed by atoms with E-state index < -0.39 is 6.09 Å². The van der Waals surface area contributed by atoms with Crippen LogP contribution in [0.1, 0.15) is 22.8 Å². The quantitative estimate of drug-likeness (QED) is 0.842. The molecule has 5 heteroatoms. The van der Waals surface area contributed by atoms with Crippen LogP contribution in [0.5, 0.6) is 0 Å². The molecule has 1 aliphatic rings. The van der Waals surface area contributed by atoms with Gasteiger partial charge in [-0.1, -0.05) is 24.3 Å². The van der Waals surface area contributed by atoms with Crippen molar-refractivity contribution in [3.63, 3.8) is 0 Å². The van der Waals surface area contributed by atoms with E-state index in [0.717, 1.165) is 30.8 Å². The van der Waals surface area contributed by atoms with E-state index >= 15 is 0 Å². The summed E-state index contributed by atoms with van der Waals surface area (Å²) in [4.78, 5) is 25.6. The summed E-state index contributed by atoms with van der Waals surface area (Å²) in [6.07, 6.45) is -0.842. The number of carboxylic acid groups (broad SMARTS) is 1. The van der Waals surface area contributed by atoms with Crippen LogP contribution in [0.15, 0.2) is 24.3 Å². The molecule has 0 bridgehead atoms. The first-order chi connectivity index (χ1) is 9.06. The third kappa shape index (κ3) is 3.54. The highest BCUT2D eigenvalue weighted by molar-refractivity contribution is 5.93. The Morgan fingerprint density at radius 2 is 1.68 bits per heavy atom. The van der Waals surface area contributed by atoms with Crippen LogP contribution in [0.2, 0.25) is 0 Å². The Balaban J connectivity index is 1.88. The van der Waals surface area contributed by atoms with E-state index in [1.165, 1.54) is 4.90 Å². The van der Waals surface area contributed by atoms with Crippen molar-refractivity contribution in [1.82, 2.24) is 9.80 Å². The van der Waals surface area contributed by atoms with Crippen LogP contribution in [-0.4, -0.2) is 53.0 Å². The number of benzene rings is 1. The maximum absolute atomic E-state index is 11.2. The molecule has 0 radical (unpaired) electrons. The van der Waals surface area contributed by atoms with Crippen LogP contribution in [-0.2, 0) is 6.54 Å². The zero-order valence-electron chi connectivity index (χ0n) is 11.0. The van der Waals surface area contributed by atoms with Crippen molar-refractivity contribution in [1.29, 1.82) is 0 Å². The van der Waals surface area contributed by atoms with Crippen LogP contribution in [0.3, 0.4) is 0 Å². The summed E-state index contributed by atoms with van der Waals surface area (Å²) in [5.41, 5.74) is 1.87. The molecule has 1 amide bonds. The number of piperazine rings is 1. The normalized spacial score (nSPS) is 16.4. The SMILES string of the molecule is CC(=O)c1ccc(CN2CCN(C(=O)O)CC2)cc1. The minimum Gasteiger partial charge on any atom is -0.465 e. The van der Waals surface area contributed by atoms with E-state index in [1.54, 1.807) is 6.92 Å². The zero-order chi connectivity index (χ0) is 13.8. The van der Waals surface area contributed by atoms with Crippen molar-refractivity contribution >= 4 is 11.9 Å². The fraction of sp³-hybridized carbons (Fsp3) is 0.429. The van der Waals surface area contributed by atoms with Crippen molar-refractivity contribution in [3.8, 4) is 0 Å². The van der Waals surface area contributed by atoms with E-state index in [4.69, 9.17) is 5.11 Å². The summed E-state index contributed by atoms with van der Waals surface area (Å²) >= 11 is 0. The Labute approximate surface area is 112 Å². The number of carbonyl (C=O) groups excluding carboxylic acids is 1. The van der Waals surface area contributed by atoms with Gasteiger partial charge in [0, 0.05) is 38.3 Å². The van der Waals surface area contributed by atoms with Crippen molar-refractivity contribution in [2.45, 2.75) is 13.5 Å². The van der Waals surface area contributed by atoms with Gasteiger partial charge in [0.1, 0.15) is 0 Å². The predicted molar refractivity (Wildman–Crippen MR) is 71.3 cm³/mol. The van der Waals surface area contributed by atoms with Gasteiger partial charge in [0.2, 0.25) is 0 Å². The topological polar surface area (TPSA) is 60.9 Å². The lowest BCUT2D eigenvalue weighted by atomic mass is 10.1. The maximum Gasteiger partial charge on any atom is 0.407 e. The van der Waals surface area contributed by atoms with Crippen LogP contribution < -0.4 is 0 Å². The van der Waals surface area contributed by atoms with E-state index in [-0.39, 0.29) is 5.78 Å². The molecule has 1 heterocycles. The van der Waals surface area contributed by atoms with Gasteiger partial charge in [0.15, 0.2) is 5.78 Å². The summed E-state index contributed by atoms with van der Waals surface area (Å²) in [7, 11) is 0. The van der Waals surface area contributed by atoms with Gasteiger partial charge in [0.05, 0.1) is 0 Å². The molecule has 5 nitrogen and oxygen atoms in total. The predicted octanol–water partition coefficient (Wildman–Crippen LogP) is 1.68. The number of Topliss-reactive ketones (excluding diaryl/α,β-unsaturated/α-hetero) is 1. The van der Waals surface area contributed by atoms with E-state index in [1.807, 2.05) is 24.3 Å². The van der Waals surface area contributed by atoms with Gasteiger partial charge < -0.3 is 10.0 Å². The van der Waals surface area contributed by atoms with Gasteiger partial charge in [0.25, 0.3) is 0 Å². The van der Waals surface area contributed by atoms with E-state index in [2.05, 4.69) is 4.90 Å². The van der Waals surface area contributed by atoms with E-state index in [0.29, 0.717) is 13.1 Å². The average molecular weight is 262 g/mol. The summed E-state index contributed by atoms with van der Waals surface area (Å²) in [6, 6.07) is 7.59. The van der Waals surface area contributed by atoms with Crippen LogP contribution in [0.25, 0.3) is 0 Å². The maximum atomic E-state index is 11.2. The summed E-state index contributed by atoms with van der Waals surface area (Å²) in [6.45, 7) is 4.97. The Morgan fingerprint density at radius 3 is 2.16 bits per heavy atom. The molecule has 1 fully saturated rings. The molecule has 2 rings (SSSR count). The summed E-state index contributed by atoms with van der Waals surface area (Å²) in [5.74, 6) is 0.0709. The number of rotatable bonds is 3. The average Bonchev–Trinajstić information content (AvgIpc) is 2.40.